The fourth-order valence-corrected chi connectivity index (χ4v) is 2.88. The number of alkyl halides is 3. The van der Waals surface area contributed by atoms with Crippen LogP contribution in [0.15, 0.2) is 18.2 Å². The molecule has 1 aliphatic heterocycles. The number of hydrogen-bond acceptors (Lipinski definition) is 4. The van der Waals surface area contributed by atoms with Crippen LogP contribution in [-0.4, -0.2) is 29.3 Å². The van der Waals surface area contributed by atoms with Gasteiger partial charge in [-0.05, 0) is 31.4 Å². The number of hydrogen-bond donors (Lipinski definition) is 2. The molecule has 0 amide bonds. The Morgan fingerprint density at radius 2 is 2.17 bits per heavy atom. The highest BCUT2D eigenvalue weighted by atomic mass is 19.4. The molecule has 2 aromatic rings. The van der Waals surface area contributed by atoms with Gasteiger partial charge in [-0.2, -0.15) is 18.3 Å². The van der Waals surface area contributed by atoms with E-state index in [1.807, 2.05) is 11.2 Å². The van der Waals surface area contributed by atoms with Crippen LogP contribution in [0.4, 0.5) is 18.9 Å². The number of benzene rings is 1. The lowest BCUT2D eigenvalue weighted by Gasteiger charge is -2.20. The maximum absolute atomic E-state index is 13.2. The number of carbonyl (C=O) groups is 1. The Bertz CT molecular complexity index is 768. The average molecular weight is 339 g/mol. The van der Waals surface area contributed by atoms with E-state index in [1.165, 1.54) is 0 Å². The maximum Gasteiger partial charge on any atom is 0.433 e. The molecule has 128 valence electrons. The molecule has 0 aliphatic carbocycles. The molecule has 3 rings (SSSR count). The molecule has 2 heterocycles. The van der Waals surface area contributed by atoms with Crippen LogP contribution in [0.2, 0.25) is 0 Å². The Balaban J connectivity index is 2.19. The predicted octanol–water partition coefficient (Wildman–Crippen LogP) is 3.63. The number of carbonyl (C=O) groups excluding carboxylic acids is 1. The Kier molecular flexibility index (Phi) is 4.21. The molecule has 24 heavy (non-hydrogen) atoms. The van der Waals surface area contributed by atoms with Crippen LogP contribution in [0.5, 0.6) is 0 Å². The summed E-state index contributed by atoms with van der Waals surface area (Å²) in [7, 11) is 0. The van der Waals surface area contributed by atoms with Crippen molar-refractivity contribution in [1.82, 2.24) is 10.2 Å². The van der Waals surface area contributed by atoms with E-state index in [0.29, 0.717) is 12.0 Å². The topological polar surface area (TPSA) is 67.0 Å². The summed E-state index contributed by atoms with van der Waals surface area (Å²) >= 11 is 0. The van der Waals surface area contributed by atoms with Gasteiger partial charge in [0.15, 0.2) is 5.69 Å². The molecular formula is C16H16F3N3O2. The van der Waals surface area contributed by atoms with Crippen LogP contribution in [0.3, 0.4) is 0 Å². The zero-order valence-corrected chi connectivity index (χ0v) is 13.0. The Hall–Kier alpha value is -2.51. The summed E-state index contributed by atoms with van der Waals surface area (Å²) < 4.78 is 44.5. The summed E-state index contributed by atoms with van der Waals surface area (Å²) in [4.78, 5) is 12.1. The molecule has 2 N–H and O–H groups in total. The molecule has 1 aromatic heterocycles. The number of aromatic nitrogens is 2. The van der Waals surface area contributed by atoms with E-state index in [9.17, 15) is 18.0 Å². The lowest BCUT2D eigenvalue weighted by Crippen LogP contribution is -2.16. The molecule has 0 saturated heterocycles. The minimum Gasteiger partial charge on any atom is -0.462 e. The number of halogens is 3. The van der Waals surface area contributed by atoms with E-state index in [2.05, 4.69) is 10.4 Å². The number of aromatic amines is 1. The highest BCUT2D eigenvalue weighted by Crippen LogP contribution is 2.38. The van der Waals surface area contributed by atoms with Crippen molar-refractivity contribution in [2.75, 3.05) is 18.5 Å². The van der Waals surface area contributed by atoms with Crippen molar-refractivity contribution in [2.45, 2.75) is 25.9 Å². The van der Waals surface area contributed by atoms with Crippen molar-refractivity contribution in [3.05, 3.63) is 35.0 Å². The van der Waals surface area contributed by atoms with Gasteiger partial charge in [0.25, 0.3) is 0 Å². The van der Waals surface area contributed by atoms with Crippen LogP contribution in [0, 0.1) is 0 Å². The quantitative estimate of drug-likeness (QED) is 0.838. The predicted molar refractivity (Wildman–Crippen MR) is 81.8 cm³/mol. The molecule has 0 radical (unpaired) electrons. The van der Waals surface area contributed by atoms with Gasteiger partial charge < -0.3 is 10.1 Å². The first-order valence-corrected chi connectivity index (χ1v) is 7.62. The normalized spacial score (nSPS) is 14.0. The average Bonchev–Trinajstić information content (AvgIpc) is 2.99. The molecule has 1 aromatic carbocycles. The van der Waals surface area contributed by atoms with Gasteiger partial charge in [-0.15, -0.1) is 0 Å². The van der Waals surface area contributed by atoms with Crippen molar-refractivity contribution in [3.63, 3.8) is 0 Å². The van der Waals surface area contributed by atoms with Crippen molar-refractivity contribution < 1.29 is 22.7 Å². The molecule has 0 saturated carbocycles. The van der Waals surface area contributed by atoms with Crippen molar-refractivity contribution in [2.24, 2.45) is 0 Å². The van der Waals surface area contributed by atoms with Crippen LogP contribution < -0.4 is 5.32 Å². The minimum atomic E-state index is -4.72. The molecule has 0 bridgehead atoms. The third-order valence-electron chi connectivity index (χ3n) is 3.88. The van der Waals surface area contributed by atoms with E-state index in [0.717, 1.165) is 24.2 Å². The third kappa shape index (κ3) is 2.83. The van der Waals surface area contributed by atoms with Gasteiger partial charge >= 0.3 is 12.1 Å². The van der Waals surface area contributed by atoms with Crippen molar-refractivity contribution in [1.29, 1.82) is 0 Å². The molecule has 1 aliphatic rings. The Labute approximate surface area is 136 Å². The van der Waals surface area contributed by atoms with E-state index in [4.69, 9.17) is 4.74 Å². The van der Waals surface area contributed by atoms with Crippen LogP contribution in [0.25, 0.3) is 11.3 Å². The van der Waals surface area contributed by atoms with Gasteiger partial charge in [0.2, 0.25) is 0 Å². The number of ether oxygens (including phenoxy) is 1. The van der Waals surface area contributed by atoms with Gasteiger partial charge in [0.05, 0.1) is 6.61 Å². The fourth-order valence-electron chi connectivity index (χ4n) is 2.88. The SMILES string of the molecule is CCOC(=O)c1c(-c2cccc3c2CCCN3)n[nH]c1C(F)(F)F. The van der Waals surface area contributed by atoms with Crippen LogP contribution in [-0.2, 0) is 17.3 Å². The second-order valence-corrected chi connectivity index (χ2v) is 5.40. The smallest absolute Gasteiger partial charge is 0.433 e. The van der Waals surface area contributed by atoms with Gasteiger partial charge in [0.1, 0.15) is 11.3 Å². The molecule has 0 unspecified atom stereocenters. The third-order valence-corrected chi connectivity index (χ3v) is 3.88. The van der Waals surface area contributed by atoms with Gasteiger partial charge in [0, 0.05) is 17.8 Å². The molecule has 0 atom stereocenters. The first kappa shape index (κ1) is 16.4. The zero-order valence-electron chi connectivity index (χ0n) is 13.0. The number of nitrogens with zero attached hydrogens (tertiary/aromatic N) is 1. The summed E-state index contributed by atoms with van der Waals surface area (Å²) in [6.45, 7) is 2.32. The van der Waals surface area contributed by atoms with Crippen molar-refractivity contribution >= 4 is 11.7 Å². The summed E-state index contributed by atoms with van der Waals surface area (Å²) in [5, 5.41) is 8.96. The van der Waals surface area contributed by atoms with E-state index >= 15 is 0 Å². The lowest BCUT2D eigenvalue weighted by atomic mass is 9.93. The number of H-pyrrole nitrogens is 1. The molecule has 8 heteroatoms. The number of esters is 1. The second-order valence-electron chi connectivity index (χ2n) is 5.40. The number of rotatable bonds is 3. The van der Waals surface area contributed by atoms with Crippen LogP contribution >= 0.6 is 0 Å². The largest absolute Gasteiger partial charge is 0.462 e. The lowest BCUT2D eigenvalue weighted by molar-refractivity contribution is -0.141. The number of anilines is 1. The highest BCUT2D eigenvalue weighted by Gasteiger charge is 2.40. The second kappa shape index (κ2) is 6.18. The molecule has 0 spiro atoms. The summed E-state index contributed by atoms with van der Waals surface area (Å²) in [6.07, 6.45) is -3.16. The Morgan fingerprint density at radius 1 is 1.38 bits per heavy atom. The molecule has 0 fully saturated rings. The van der Waals surface area contributed by atoms with Crippen LogP contribution in [0.1, 0.15) is 35.0 Å². The first-order chi connectivity index (χ1) is 11.4. The van der Waals surface area contributed by atoms with Gasteiger partial charge in [-0.25, -0.2) is 4.79 Å². The number of fused-ring (bicyclic) bond motifs is 1. The highest BCUT2D eigenvalue weighted by molar-refractivity contribution is 5.98. The molecule has 5 nitrogen and oxygen atoms in total. The fraction of sp³-hybridized carbons (Fsp3) is 0.375. The van der Waals surface area contributed by atoms with Crippen molar-refractivity contribution in [3.8, 4) is 11.3 Å². The summed E-state index contributed by atoms with van der Waals surface area (Å²) in [5.41, 5.74) is 0.441. The summed E-state index contributed by atoms with van der Waals surface area (Å²) in [6, 6.07) is 5.26. The monoisotopic (exact) mass is 339 g/mol. The van der Waals surface area contributed by atoms with Gasteiger partial charge in [-0.3, -0.25) is 5.10 Å². The number of nitrogens with one attached hydrogen (secondary N) is 2. The van der Waals surface area contributed by atoms with Gasteiger partial charge in [-0.1, -0.05) is 12.1 Å². The molecular weight excluding hydrogens is 323 g/mol. The first-order valence-electron chi connectivity index (χ1n) is 7.62. The Morgan fingerprint density at radius 3 is 2.88 bits per heavy atom. The standard InChI is InChI=1S/C16H16F3N3O2/c1-2-24-15(23)12-13(21-22-14(12)16(17,18)19)10-5-3-7-11-9(10)6-4-8-20-11/h3,5,7,20H,2,4,6,8H2,1H3,(H,21,22). The summed E-state index contributed by atoms with van der Waals surface area (Å²) in [5.74, 6) is -1.03. The minimum absolute atomic E-state index is 0.0186. The van der Waals surface area contributed by atoms with E-state index in [-0.39, 0.29) is 12.3 Å². The van der Waals surface area contributed by atoms with E-state index in [1.54, 1.807) is 19.1 Å². The maximum atomic E-state index is 13.2. The zero-order chi connectivity index (χ0) is 17.3. The van der Waals surface area contributed by atoms with E-state index < -0.39 is 23.4 Å².